The van der Waals surface area contributed by atoms with Gasteiger partial charge in [0.15, 0.2) is 5.17 Å². The number of nitro groups is 1. The Bertz CT molecular complexity index is 722. The Morgan fingerprint density at radius 2 is 2.08 bits per heavy atom. The van der Waals surface area contributed by atoms with Gasteiger partial charge in [-0.05, 0) is 31.2 Å². The molecular weight excluding hydrogens is 342 g/mol. The topological polar surface area (TPSA) is 106 Å². The number of non-ortho nitro benzene ring substituents is 1. The Hall–Kier alpha value is -2.39. The first-order valence-corrected chi connectivity index (χ1v) is 8.52. The first-order valence-electron chi connectivity index (χ1n) is 7.71. The van der Waals surface area contributed by atoms with Gasteiger partial charge in [-0.2, -0.15) is 0 Å². The highest BCUT2D eigenvalue weighted by atomic mass is 32.2. The summed E-state index contributed by atoms with van der Waals surface area (Å²) in [5, 5.41) is 11.4. The number of aliphatic imine (C=N–C) groups is 2. The van der Waals surface area contributed by atoms with Gasteiger partial charge in [0.05, 0.1) is 24.0 Å². The summed E-state index contributed by atoms with van der Waals surface area (Å²) in [4.78, 5) is 22.0. The van der Waals surface area contributed by atoms with Crippen LogP contribution in [-0.4, -0.2) is 47.1 Å². The molecule has 0 atom stereocenters. The molecule has 1 aliphatic heterocycles. The molecule has 0 aliphatic carbocycles. The second kappa shape index (κ2) is 8.63. The number of hydrogen-bond donors (Lipinski definition) is 1. The third kappa shape index (κ3) is 5.57. The van der Waals surface area contributed by atoms with E-state index in [-0.39, 0.29) is 5.69 Å². The molecule has 0 saturated carbocycles. The van der Waals surface area contributed by atoms with Crippen LogP contribution in [0.15, 0.2) is 45.5 Å². The number of ether oxygens (including phenoxy) is 1. The van der Waals surface area contributed by atoms with Gasteiger partial charge in [0, 0.05) is 30.1 Å². The molecular formula is C16H21N5O3S. The molecule has 0 spiro atoms. The summed E-state index contributed by atoms with van der Waals surface area (Å²) in [6, 6.07) is 4.68. The summed E-state index contributed by atoms with van der Waals surface area (Å²) >= 11 is 1.23. The van der Waals surface area contributed by atoms with E-state index in [2.05, 4.69) is 16.6 Å². The predicted molar refractivity (Wildman–Crippen MR) is 100.0 cm³/mol. The second-order valence-corrected chi connectivity index (χ2v) is 6.48. The average molecular weight is 363 g/mol. The maximum atomic E-state index is 11.0. The summed E-state index contributed by atoms with van der Waals surface area (Å²) in [5.41, 5.74) is 6.62. The van der Waals surface area contributed by atoms with E-state index in [4.69, 9.17) is 10.5 Å². The first kappa shape index (κ1) is 18.9. The van der Waals surface area contributed by atoms with E-state index in [1.165, 1.54) is 23.9 Å². The number of aryl methyl sites for hydroxylation is 1. The Labute approximate surface area is 150 Å². The molecule has 9 heteroatoms. The molecule has 1 aromatic rings. The molecule has 1 aliphatic rings. The van der Waals surface area contributed by atoms with Crippen molar-refractivity contribution in [1.82, 2.24) is 4.90 Å². The van der Waals surface area contributed by atoms with Crippen LogP contribution in [0, 0.1) is 17.0 Å². The van der Waals surface area contributed by atoms with Crippen LogP contribution in [0.3, 0.4) is 0 Å². The molecule has 1 heterocycles. The van der Waals surface area contributed by atoms with Gasteiger partial charge in [0.2, 0.25) is 0 Å². The van der Waals surface area contributed by atoms with Gasteiger partial charge in [0.1, 0.15) is 5.82 Å². The number of nitrogens with zero attached hydrogens (tertiary/aromatic N) is 4. The molecule has 1 fully saturated rings. The summed E-state index contributed by atoms with van der Waals surface area (Å²) in [7, 11) is 0. The zero-order valence-electron chi connectivity index (χ0n) is 14.3. The van der Waals surface area contributed by atoms with Gasteiger partial charge in [-0.25, -0.2) is 9.98 Å². The molecule has 8 nitrogen and oxygen atoms in total. The van der Waals surface area contributed by atoms with Crippen molar-refractivity contribution >= 4 is 28.5 Å². The molecule has 25 heavy (non-hydrogen) atoms. The van der Waals surface area contributed by atoms with Crippen molar-refractivity contribution in [2.75, 3.05) is 26.3 Å². The van der Waals surface area contributed by atoms with E-state index < -0.39 is 4.92 Å². The molecule has 0 amide bonds. The minimum Gasteiger partial charge on any atom is -0.387 e. The lowest BCUT2D eigenvalue weighted by Gasteiger charge is -2.28. The zero-order valence-corrected chi connectivity index (χ0v) is 15.1. The third-order valence-electron chi connectivity index (χ3n) is 3.46. The van der Waals surface area contributed by atoms with E-state index in [9.17, 15) is 10.1 Å². The van der Waals surface area contributed by atoms with Gasteiger partial charge in [0.25, 0.3) is 5.69 Å². The number of nitrogens with two attached hydrogens (primary N) is 1. The molecule has 1 aromatic carbocycles. The van der Waals surface area contributed by atoms with Crippen molar-refractivity contribution < 1.29 is 9.66 Å². The third-order valence-corrected chi connectivity index (χ3v) is 4.48. The normalized spacial score (nSPS) is 16.0. The molecule has 134 valence electrons. The SMILES string of the molecule is C=C(N=C(N=C(C)N)Sc1cc([N+](=O)[O-])ccc1C)N1CCOCC1. The number of benzene rings is 1. The van der Waals surface area contributed by atoms with Crippen LogP contribution in [0.25, 0.3) is 0 Å². The summed E-state index contributed by atoms with van der Waals surface area (Å²) in [5.74, 6) is 0.919. The Morgan fingerprint density at radius 3 is 2.68 bits per heavy atom. The van der Waals surface area contributed by atoms with E-state index in [1.54, 1.807) is 13.0 Å². The van der Waals surface area contributed by atoms with Crippen LogP contribution in [0.4, 0.5) is 5.69 Å². The van der Waals surface area contributed by atoms with Crippen LogP contribution in [0.2, 0.25) is 0 Å². The Kier molecular flexibility index (Phi) is 6.54. The molecule has 1 saturated heterocycles. The maximum absolute atomic E-state index is 11.0. The Balaban J connectivity index is 2.27. The van der Waals surface area contributed by atoms with Crippen molar-refractivity contribution in [3.63, 3.8) is 0 Å². The van der Waals surface area contributed by atoms with Gasteiger partial charge < -0.3 is 15.4 Å². The molecule has 0 bridgehead atoms. The highest BCUT2D eigenvalue weighted by molar-refractivity contribution is 8.14. The fourth-order valence-corrected chi connectivity index (χ4v) is 3.08. The largest absolute Gasteiger partial charge is 0.387 e. The van der Waals surface area contributed by atoms with Crippen molar-refractivity contribution in [2.45, 2.75) is 18.7 Å². The highest BCUT2D eigenvalue weighted by Gasteiger charge is 2.15. The predicted octanol–water partition coefficient (Wildman–Crippen LogP) is 2.53. The van der Waals surface area contributed by atoms with Gasteiger partial charge in [-0.15, -0.1) is 0 Å². The fourth-order valence-electron chi connectivity index (χ4n) is 2.13. The molecule has 0 aromatic heterocycles. The maximum Gasteiger partial charge on any atom is 0.270 e. The van der Waals surface area contributed by atoms with Gasteiger partial charge in [-0.3, -0.25) is 10.1 Å². The van der Waals surface area contributed by atoms with E-state index in [1.807, 2.05) is 11.8 Å². The lowest BCUT2D eigenvalue weighted by Crippen LogP contribution is -2.34. The monoisotopic (exact) mass is 363 g/mol. The average Bonchev–Trinajstić information content (AvgIpc) is 2.56. The van der Waals surface area contributed by atoms with Crippen molar-refractivity contribution in [2.24, 2.45) is 15.7 Å². The number of amidine groups is 2. The lowest BCUT2D eigenvalue weighted by atomic mass is 10.2. The number of hydrogen-bond acceptors (Lipinski definition) is 6. The zero-order chi connectivity index (χ0) is 18.4. The van der Waals surface area contributed by atoms with Crippen LogP contribution in [0.5, 0.6) is 0 Å². The summed E-state index contributed by atoms with van der Waals surface area (Å²) in [6.45, 7) is 10.2. The van der Waals surface area contributed by atoms with Crippen molar-refractivity contribution in [1.29, 1.82) is 0 Å². The molecule has 2 N–H and O–H groups in total. The molecule has 0 radical (unpaired) electrons. The Morgan fingerprint density at radius 1 is 1.40 bits per heavy atom. The quantitative estimate of drug-likeness (QED) is 0.290. The van der Waals surface area contributed by atoms with Crippen LogP contribution in [0.1, 0.15) is 12.5 Å². The van der Waals surface area contributed by atoms with Gasteiger partial charge >= 0.3 is 0 Å². The van der Waals surface area contributed by atoms with Crippen LogP contribution >= 0.6 is 11.8 Å². The van der Waals surface area contributed by atoms with Crippen LogP contribution < -0.4 is 5.73 Å². The summed E-state index contributed by atoms with van der Waals surface area (Å²) in [6.07, 6.45) is 0. The van der Waals surface area contributed by atoms with Crippen molar-refractivity contribution in [3.05, 3.63) is 46.3 Å². The molecule has 2 rings (SSSR count). The standard InChI is InChI=1S/C16H21N5O3S/c1-11-4-5-14(21(22)23)10-15(11)25-16(18-12(2)17)19-13(3)20-6-8-24-9-7-20/h4-5,10H,3,6-9H2,1-2H3,(H2,17,18,19). The molecule has 0 unspecified atom stereocenters. The van der Waals surface area contributed by atoms with E-state index in [0.717, 1.165) is 5.56 Å². The minimum absolute atomic E-state index is 0.0212. The number of morpholine rings is 1. The number of rotatable bonds is 4. The van der Waals surface area contributed by atoms with Crippen molar-refractivity contribution in [3.8, 4) is 0 Å². The smallest absolute Gasteiger partial charge is 0.270 e. The van der Waals surface area contributed by atoms with Crippen LogP contribution in [-0.2, 0) is 4.74 Å². The fraction of sp³-hybridized carbons (Fsp3) is 0.375. The number of thioether (sulfide) groups is 1. The van der Waals surface area contributed by atoms with Gasteiger partial charge in [-0.1, -0.05) is 12.6 Å². The second-order valence-electron chi connectivity index (χ2n) is 5.47. The first-order chi connectivity index (χ1) is 11.9. The van der Waals surface area contributed by atoms with E-state index >= 15 is 0 Å². The lowest BCUT2D eigenvalue weighted by molar-refractivity contribution is -0.385. The minimum atomic E-state index is -0.426. The highest BCUT2D eigenvalue weighted by Crippen LogP contribution is 2.29. The summed E-state index contributed by atoms with van der Waals surface area (Å²) < 4.78 is 5.32. The van der Waals surface area contributed by atoms with E-state index in [0.29, 0.717) is 48.0 Å². The number of nitro benzene ring substituents is 1.